The highest BCUT2D eigenvalue weighted by atomic mass is 79.9. The summed E-state index contributed by atoms with van der Waals surface area (Å²) in [5, 5.41) is 0. The summed E-state index contributed by atoms with van der Waals surface area (Å²) in [6.45, 7) is 4.55. The molecule has 0 aliphatic heterocycles. The fourth-order valence-electron chi connectivity index (χ4n) is 2.16. The molecule has 0 amide bonds. The van der Waals surface area contributed by atoms with Crippen LogP contribution in [0.5, 0.6) is 0 Å². The van der Waals surface area contributed by atoms with Gasteiger partial charge in [-0.1, -0.05) is 84.4 Å². The first-order valence-corrected chi connectivity index (χ1v) is 7.88. The van der Waals surface area contributed by atoms with Gasteiger partial charge in [-0.2, -0.15) is 0 Å². The van der Waals surface area contributed by atoms with Gasteiger partial charge in [-0.3, -0.25) is 0 Å². The predicted octanol–water partition coefficient (Wildman–Crippen LogP) is 6.23. The summed E-state index contributed by atoms with van der Waals surface area (Å²) < 4.78 is 0. The molecule has 0 fully saturated rings. The molecule has 0 nitrogen and oxygen atoms in total. The average molecular weight is 317 g/mol. The molecule has 2 aromatic carbocycles. The third-order valence-electron chi connectivity index (χ3n) is 3.38. The topological polar surface area (TPSA) is 0 Å². The van der Waals surface area contributed by atoms with Gasteiger partial charge in [0.25, 0.3) is 0 Å². The standard InChI is InChI=1S/C18H21Br/c1-14(2)8-13-18(19)17-11-9-16(10-12-17)15-6-4-3-5-7-15/h3-7,9-12,14,18H,8,13H2,1-2H3. The molecule has 0 saturated carbocycles. The second-order valence-electron chi connectivity index (χ2n) is 5.43. The summed E-state index contributed by atoms with van der Waals surface area (Å²) in [7, 11) is 0. The van der Waals surface area contributed by atoms with Crippen molar-refractivity contribution in [1.82, 2.24) is 0 Å². The van der Waals surface area contributed by atoms with Gasteiger partial charge in [0.05, 0.1) is 0 Å². The fourth-order valence-corrected chi connectivity index (χ4v) is 2.73. The van der Waals surface area contributed by atoms with Crippen LogP contribution in [0.25, 0.3) is 11.1 Å². The highest BCUT2D eigenvalue weighted by molar-refractivity contribution is 9.09. The van der Waals surface area contributed by atoms with E-state index in [0.717, 1.165) is 5.92 Å². The molecule has 0 radical (unpaired) electrons. The fraction of sp³-hybridized carbons (Fsp3) is 0.333. The van der Waals surface area contributed by atoms with E-state index >= 15 is 0 Å². The van der Waals surface area contributed by atoms with Gasteiger partial charge in [0, 0.05) is 4.83 Å². The highest BCUT2D eigenvalue weighted by Crippen LogP contribution is 2.30. The normalized spacial score (nSPS) is 12.6. The molecule has 1 unspecified atom stereocenters. The molecule has 0 spiro atoms. The Balaban J connectivity index is 2.06. The van der Waals surface area contributed by atoms with E-state index in [2.05, 4.69) is 84.4 Å². The second-order valence-corrected chi connectivity index (χ2v) is 6.53. The zero-order valence-electron chi connectivity index (χ0n) is 11.6. The van der Waals surface area contributed by atoms with Crippen LogP contribution in [0, 0.1) is 5.92 Å². The van der Waals surface area contributed by atoms with E-state index in [-0.39, 0.29) is 0 Å². The maximum absolute atomic E-state index is 3.80. The molecule has 2 aromatic rings. The van der Waals surface area contributed by atoms with Gasteiger partial charge in [0.2, 0.25) is 0 Å². The zero-order valence-corrected chi connectivity index (χ0v) is 13.2. The number of halogens is 1. The van der Waals surface area contributed by atoms with E-state index in [1.165, 1.54) is 29.5 Å². The lowest BCUT2D eigenvalue weighted by Crippen LogP contribution is -1.94. The van der Waals surface area contributed by atoms with Crippen molar-refractivity contribution in [1.29, 1.82) is 0 Å². The first-order valence-electron chi connectivity index (χ1n) is 6.96. The molecule has 0 heterocycles. The van der Waals surface area contributed by atoms with Crippen LogP contribution in [-0.2, 0) is 0 Å². The minimum atomic E-state index is 0.472. The van der Waals surface area contributed by atoms with Crippen LogP contribution in [0.15, 0.2) is 54.6 Å². The van der Waals surface area contributed by atoms with Crippen molar-refractivity contribution in [3.05, 3.63) is 60.2 Å². The summed E-state index contributed by atoms with van der Waals surface area (Å²) in [4.78, 5) is 0.472. The van der Waals surface area contributed by atoms with Crippen LogP contribution in [0.3, 0.4) is 0 Å². The Hall–Kier alpha value is -1.08. The summed E-state index contributed by atoms with van der Waals surface area (Å²) in [5.74, 6) is 0.767. The molecule has 0 bridgehead atoms. The highest BCUT2D eigenvalue weighted by Gasteiger charge is 2.08. The smallest absolute Gasteiger partial charge is 0.0395 e. The average Bonchev–Trinajstić information content (AvgIpc) is 2.46. The molecular formula is C18H21Br. The number of hydrogen-bond acceptors (Lipinski definition) is 0. The van der Waals surface area contributed by atoms with Crippen molar-refractivity contribution in [2.75, 3.05) is 0 Å². The van der Waals surface area contributed by atoms with Crippen molar-refractivity contribution in [2.24, 2.45) is 5.92 Å². The third-order valence-corrected chi connectivity index (χ3v) is 4.36. The lowest BCUT2D eigenvalue weighted by molar-refractivity contribution is 0.554. The van der Waals surface area contributed by atoms with Crippen molar-refractivity contribution < 1.29 is 0 Å². The van der Waals surface area contributed by atoms with Crippen LogP contribution < -0.4 is 0 Å². The summed E-state index contributed by atoms with van der Waals surface area (Å²) in [6, 6.07) is 19.4. The molecule has 0 aromatic heterocycles. The first kappa shape index (κ1) is 14.3. The molecule has 2 rings (SSSR count). The molecular weight excluding hydrogens is 296 g/mol. The Labute approximate surface area is 125 Å². The lowest BCUT2D eigenvalue weighted by Gasteiger charge is -2.12. The van der Waals surface area contributed by atoms with Crippen molar-refractivity contribution in [3.8, 4) is 11.1 Å². The lowest BCUT2D eigenvalue weighted by atomic mass is 9.99. The van der Waals surface area contributed by atoms with E-state index in [0.29, 0.717) is 4.83 Å². The molecule has 19 heavy (non-hydrogen) atoms. The molecule has 0 aliphatic rings. The number of hydrogen-bond donors (Lipinski definition) is 0. The van der Waals surface area contributed by atoms with Crippen molar-refractivity contribution >= 4 is 15.9 Å². The Morgan fingerprint density at radius 1 is 0.789 bits per heavy atom. The molecule has 1 atom stereocenters. The molecule has 0 saturated heterocycles. The van der Waals surface area contributed by atoms with E-state index in [4.69, 9.17) is 0 Å². The van der Waals surface area contributed by atoms with Gasteiger partial charge in [-0.25, -0.2) is 0 Å². The monoisotopic (exact) mass is 316 g/mol. The molecule has 0 N–H and O–H groups in total. The second kappa shape index (κ2) is 6.91. The van der Waals surface area contributed by atoms with E-state index in [9.17, 15) is 0 Å². The Bertz CT molecular complexity index is 485. The zero-order chi connectivity index (χ0) is 13.7. The minimum Gasteiger partial charge on any atom is -0.0839 e. The molecule has 1 heteroatoms. The van der Waals surface area contributed by atoms with Gasteiger partial charge >= 0.3 is 0 Å². The van der Waals surface area contributed by atoms with Gasteiger partial charge in [-0.05, 0) is 35.4 Å². The van der Waals surface area contributed by atoms with Gasteiger partial charge in [0.15, 0.2) is 0 Å². The van der Waals surface area contributed by atoms with Crippen LogP contribution in [0.4, 0.5) is 0 Å². The van der Waals surface area contributed by atoms with Crippen molar-refractivity contribution in [3.63, 3.8) is 0 Å². The first-order chi connectivity index (χ1) is 9.16. The summed E-state index contributed by atoms with van der Waals surface area (Å²) in [6.07, 6.45) is 2.46. The number of rotatable bonds is 5. The summed E-state index contributed by atoms with van der Waals surface area (Å²) in [5.41, 5.74) is 3.94. The van der Waals surface area contributed by atoms with Gasteiger partial charge < -0.3 is 0 Å². The number of alkyl halides is 1. The third kappa shape index (κ3) is 4.21. The van der Waals surface area contributed by atoms with Crippen LogP contribution >= 0.6 is 15.9 Å². The SMILES string of the molecule is CC(C)CCC(Br)c1ccc(-c2ccccc2)cc1. The molecule has 100 valence electrons. The Kier molecular flexibility index (Phi) is 5.21. The van der Waals surface area contributed by atoms with E-state index in [1.807, 2.05) is 0 Å². The quantitative estimate of drug-likeness (QED) is 0.574. The largest absolute Gasteiger partial charge is 0.0839 e. The van der Waals surface area contributed by atoms with Crippen LogP contribution in [-0.4, -0.2) is 0 Å². The maximum atomic E-state index is 3.80. The van der Waals surface area contributed by atoms with Crippen molar-refractivity contribution in [2.45, 2.75) is 31.5 Å². The Morgan fingerprint density at radius 3 is 1.95 bits per heavy atom. The maximum Gasteiger partial charge on any atom is 0.0395 e. The predicted molar refractivity (Wildman–Crippen MR) is 87.6 cm³/mol. The molecule has 0 aliphatic carbocycles. The van der Waals surface area contributed by atoms with Crippen LogP contribution in [0.2, 0.25) is 0 Å². The Morgan fingerprint density at radius 2 is 1.37 bits per heavy atom. The van der Waals surface area contributed by atoms with Crippen LogP contribution in [0.1, 0.15) is 37.1 Å². The van der Waals surface area contributed by atoms with E-state index < -0.39 is 0 Å². The number of benzene rings is 2. The van der Waals surface area contributed by atoms with Gasteiger partial charge in [0.1, 0.15) is 0 Å². The van der Waals surface area contributed by atoms with E-state index in [1.54, 1.807) is 0 Å². The minimum absolute atomic E-state index is 0.472. The summed E-state index contributed by atoms with van der Waals surface area (Å²) >= 11 is 3.80. The van der Waals surface area contributed by atoms with Gasteiger partial charge in [-0.15, -0.1) is 0 Å².